The summed E-state index contributed by atoms with van der Waals surface area (Å²) in [7, 11) is 1.53. The van der Waals surface area contributed by atoms with E-state index in [2.05, 4.69) is 15.5 Å². The fourth-order valence-corrected chi connectivity index (χ4v) is 2.60. The van der Waals surface area contributed by atoms with E-state index >= 15 is 0 Å². The predicted molar refractivity (Wildman–Crippen MR) is 76.1 cm³/mol. The third-order valence-electron chi connectivity index (χ3n) is 2.74. The van der Waals surface area contributed by atoms with Crippen LogP contribution >= 0.6 is 11.8 Å². The fourth-order valence-electron chi connectivity index (χ4n) is 1.68. The molecule has 104 valence electrons. The van der Waals surface area contributed by atoms with Gasteiger partial charge >= 0.3 is 0 Å². The molecule has 0 spiro atoms. The van der Waals surface area contributed by atoms with Crippen molar-refractivity contribution in [2.45, 2.75) is 17.2 Å². The van der Waals surface area contributed by atoms with Crippen molar-refractivity contribution in [3.05, 3.63) is 53.5 Å². The second-order valence-electron chi connectivity index (χ2n) is 4.12. The monoisotopic (exact) mass is 291 g/mol. The quantitative estimate of drug-likeness (QED) is 0.880. The summed E-state index contributed by atoms with van der Waals surface area (Å²) >= 11 is 1.39. The van der Waals surface area contributed by atoms with Gasteiger partial charge in [-0.2, -0.15) is 0 Å². The van der Waals surface area contributed by atoms with E-state index in [1.54, 1.807) is 30.3 Å². The number of halogens is 1. The minimum Gasteiger partial charge on any atom is -0.354 e. The first-order valence-corrected chi connectivity index (χ1v) is 6.96. The first-order valence-electron chi connectivity index (χ1n) is 6.08. The minimum atomic E-state index is -0.281. The van der Waals surface area contributed by atoms with Crippen molar-refractivity contribution in [3.63, 3.8) is 0 Å². The molecule has 20 heavy (non-hydrogen) atoms. The van der Waals surface area contributed by atoms with Gasteiger partial charge in [-0.15, -0.1) is 10.2 Å². The number of hydrogen-bond donors (Lipinski definition) is 1. The Morgan fingerprint density at radius 3 is 2.60 bits per heavy atom. The number of thioether (sulfide) groups is 1. The van der Waals surface area contributed by atoms with Gasteiger partial charge in [-0.1, -0.05) is 30.0 Å². The van der Waals surface area contributed by atoms with Crippen LogP contribution in [-0.4, -0.2) is 23.2 Å². The van der Waals surface area contributed by atoms with Crippen LogP contribution in [-0.2, 0) is 0 Å². The Balaban J connectivity index is 2.10. The maximum atomic E-state index is 13.7. The van der Waals surface area contributed by atoms with E-state index in [9.17, 15) is 9.18 Å². The first kappa shape index (κ1) is 14.5. The molecule has 1 aromatic carbocycles. The van der Waals surface area contributed by atoms with Gasteiger partial charge in [0.15, 0.2) is 5.69 Å². The number of hydrogen-bond acceptors (Lipinski definition) is 4. The minimum absolute atomic E-state index is 0.0867. The van der Waals surface area contributed by atoms with Crippen LogP contribution in [0.25, 0.3) is 0 Å². The smallest absolute Gasteiger partial charge is 0.271 e. The molecule has 1 N–H and O–H groups in total. The molecule has 0 fully saturated rings. The summed E-state index contributed by atoms with van der Waals surface area (Å²) in [6, 6.07) is 9.96. The Morgan fingerprint density at radius 2 is 2.00 bits per heavy atom. The zero-order chi connectivity index (χ0) is 14.5. The number of benzene rings is 1. The average molecular weight is 291 g/mol. The van der Waals surface area contributed by atoms with E-state index in [1.807, 2.05) is 6.92 Å². The molecular formula is C14H14FN3OS. The van der Waals surface area contributed by atoms with Crippen molar-refractivity contribution < 1.29 is 9.18 Å². The molecule has 0 unspecified atom stereocenters. The van der Waals surface area contributed by atoms with Gasteiger partial charge in [0.25, 0.3) is 5.91 Å². The van der Waals surface area contributed by atoms with Crippen LogP contribution in [0.2, 0.25) is 0 Å². The second-order valence-corrected chi connectivity index (χ2v) is 5.48. The van der Waals surface area contributed by atoms with Crippen molar-refractivity contribution in [1.82, 2.24) is 15.5 Å². The van der Waals surface area contributed by atoms with E-state index in [0.717, 1.165) is 0 Å². The number of carbonyl (C=O) groups is 1. The van der Waals surface area contributed by atoms with Gasteiger partial charge in [-0.05, 0) is 25.1 Å². The third kappa shape index (κ3) is 3.33. The molecule has 0 aliphatic carbocycles. The number of carbonyl (C=O) groups excluding carboxylic acids is 1. The van der Waals surface area contributed by atoms with Gasteiger partial charge in [0.2, 0.25) is 0 Å². The topological polar surface area (TPSA) is 54.9 Å². The van der Waals surface area contributed by atoms with Crippen LogP contribution < -0.4 is 5.32 Å². The molecule has 0 aliphatic heterocycles. The van der Waals surface area contributed by atoms with E-state index in [4.69, 9.17) is 0 Å². The summed E-state index contributed by atoms with van der Waals surface area (Å²) in [5, 5.41) is 10.9. The highest BCUT2D eigenvalue weighted by molar-refractivity contribution is 7.99. The van der Waals surface area contributed by atoms with E-state index in [0.29, 0.717) is 10.6 Å². The maximum Gasteiger partial charge on any atom is 0.271 e. The second kappa shape index (κ2) is 6.47. The zero-order valence-electron chi connectivity index (χ0n) is 11.1. The molecule has 0 aliphatic rings. The first-order chi connectivity index (χ1) is 9.61. The van der Waals surface area contributed by atoms with Crippen LogP contribution in [0, 0.1) is 5.82 Å². The molecular weight excluding hydrogens is 277 g/mol. The molecule has 4 nitrogen and oxygen atoms in total. The van der Waals surface area contributed by atoms with Gasteiger partial charge in [-0.3, -0.25) is 4.79 Å². The van der Waals surface area contributed by atoms with Crippen LogP contribution in [0.15, 0.2) is 41.4 Å². The van der Waals surface area contributed by atoms with Crippen LogP contribution in [0.4, 0.5) is 4.39 Å². The molecule has 2 aromatic rings. The summed E-state index contributed by atoms with van der Waals surface area (Å²) in [5.41, 5.74) is 0.880. The van der Waals surface area contributed by atoms with Gasteiger partial charge in [0, 0.05) is 17.9 Å². The van der Waals surface area contributed by atoms with E-state index < -0.39 is 0 Å². The van der Waals surface area contributed by atoms with Crippen molar-refractivity contribution >= 4 is 17.7 Å². The summed E-state index contributed by atoms with van der Waals surface area (Å²) < 4.78 is 13.7. The number of amides is 1. The Bertz CT molecular complexity index is 604. The molecule has 1 heterocycles. The largest absolute Gasteiger partial charge is 0.354 e. The summed E-state index contributed by atoms with van der Waals surface area (Å²) in [6.45, 7) is 1.90. The number of nitrogens with zero attached hydrogens (tertiary/aromatic N) is 2. The van der Waals surface area contributed by atoms with E-state index in [-0.39, 0.29) is 22.7 Å². The molecule has 2 rings (SSSR count). The fraction of sp³-hybridized carbons (Fsp3) is 0.214. The summed E-state index contributed by atoms with van der Waals surface area (Å²) in [4.78, 5) is 11.3. The lowest BCUT2D eigenvalue weighted by Gasteiger charge is -2.11. The highest BCUT2D eigenvalue weighted by Gasteiger charge is 2.13. The van der Waals surface area contributed by atoms with Crippen LogP contribution in [0.1, 0.15) is 28.2 Å². The van der Waals surface area contributed by atoms with Crippen LogP contribution in [0.3, 0.4) is 0 Å². The Kier molecular flexibility index (Phi) is 4.68. The van der Waals surface area contributed by atoms with Gasteiger partial charge in [-0.25, -0.2) is 4.39 Å². The molecule has 0 radical (unpaired) electrons. The maximum absolute atomic E-state index is 13.7. The SMILES string of the molecule is CNC(=O)c1ccc(S[C@@H](C)c2ccccc2F)nn1. The lowest BCUT2D eigenvalue weighted by Crippen LogP contribution is -2.19. The summed E-state index contributed by atoms with van der Waals surface area (Å²) in [6.07, 6.45) is 0. The number of nitrogens with one attached hydrogen (secondary N) is 1. The van der Waals surface area contributed by atoms with Crippen molar-refractivity contribution in [1.29, 1.82) is 0 Å². The zero-order valence-corrected chi connectivity index (χ0v) is 11.9. The molecule has 1 atom stereocenters. The number of aromatic nitrogens is 2. The molecule has 0 saturated heterocycles. The highest BCUT2D eigenvalue weighted by atomic mass is 32.2. The molecule has 6 heteroatoms. The summed E-state index contributed by atoms with van der Waals surface area (Å²) in [5.74, 6) is -0.515. The molecule has 0 saturated carbocycles. The Morgan fingerprint density at radius 1 is 1.25 bits per heavy atom. The molecule has 1 aromatic heterocycles. The average Bonchev–Trinajstić information content (AvgIpc) is 2.47. The van der Waals surface area contributed by atoms with E-state index in [1.165, 1.54) is 24.9 Å². The van der Waals surface area contributed by atoms with Crippen LogP contribution in [0.5, 0.6) is 0 Å². The van der Waals surface area contributed by atoms with Crippen molar-refractivity contribution in [2.24, 2.45) is 0 Å². The lowest BCUT2D eigenvalue weighted by molar-refractivity contribution is 0.0957. The standard InChI is InChI=1S/C14H14FN3OS/c1-9(10-5-3-4-6-11(10)15)20-13-8-7-12(17-18-13)14(19)16-2/h3-9H,1-2H3,(H,16,19)/t9-/m0/s1. The normalized spacial score (nSPS) is 11.9. The van der Waals surface area contributed by atoms with Gasteiger partial charge in [0.1, 0.15) is 10.8 Å². The lowest BCUT2D eigenvalue weighted by atomic mass is 10.1. The molecule has 0 bridgehead atoms. The molecule has 1 amide bonds. The van der Waals surface area contributed by atoms with Crippen molar-refractivity contribution in [3.8, 4) is 0 Å². The Hall–Kier alpha value is -1.95. The van der Waals surface area contributed by atoms with Gasteiger partial charge in [0.05, 0.1) is 0 Å². The van der Waals surface area contributed by atoms with Gasteiger partial charge < -0.3 is 5.32 Å². The Labute approximate surface area is 120 Å². The third-order valence-corrected chi connectivity index (χ3v) is 3.81. The highest BCUT2D eigenvalue weighted by Crippen LogP contribution is 2.34. The van der Waals surface area contributed by atoms with Crippen molar-refractivity contribution in [2.75, 3.05) is 7.05 Å². The number of rotatable bonds is 4. The predicted octanol–water partition coefficient (Wildman–Crippen LogP) is 2.83.